The standard InChI is InChI=1S/C18H20ClN6O8P.C18H19ClN5O9P/c19-11-3-1-2-10(8-11)12-5-7-30-34(29,33-12)31-9-18(23-24-21)15(27)14(26)16(32-18)25-6-4-13(20)22-17(25)28;19-11-3-1-2-10(8-11)12-5-7-30-34(29,33-12)31-9-18(22-23-20)15(27)14(26)16(32-18)24-6-4-13(25)21-17(24)28/h1-4,6,8,12,14-16,26-27H,5,7,9H2,(H2,20,22,28);1-4,6,8,12,14-16,26-27H,5,7,9H2,(H,21,25,28)/t2*12-,14+,15-,16+,18+,34?/m00/s1. The highest BCUT2D eigenvalue weighted by Crippen LogP contribution is 2.59. The van der Waals surface area contributed by atoms with Crippen LogP contribution in [-0.2, 0) is 45.7 Å². The number of phosphoric ester groups is 2. The van der Waals surface area contributed by atoms with Crippen LogP contribution in [0.3, 0.4) is 0 Å². The van der Waals surface area contributed by atoms with Crippen molar-refractivity contribution in [3.63, 3.8) is 0 Å². The summed E-state index contributed by atoms with van der Waals surface area (Å²) in [6, 6.07) is 15.7. The predicted octanol–water partition coefficient (Wildman–Crippen LogP) is 3.79. The molecule has 0 spiro atoms. The minimum Gasteiger partial charge on any atom is -0.387 e. The van der Waals surface area contributed by atoms with E-state index >= 15 is 0 Å². The molecule has 0 bridgehead atoms. The maximum atomic E-state index is 13.1. The van der Waals surface area contributed by atoms with Crippen LogP contribution in [-0.4, -0.2) is 102 Å². The van der Waals surface area contributed by atoms with Gasteiger partial charge in [-0.3, -0.25) is 46.1 Å². The topological polar surface area (TPSA) is 402 Å². The number of hydrogen-bond acceptors (Lipinski definition) is 21. The van der Waals surface area contributed by atoms with E-state index in [0.29, 0.717) is 34.0 Å². The Labute approximate surface area is 391 Å². The number of azide groups is 2. The first kappa shape index (κ1) is 50.8. The number of rotatable bonds is 12. The average Bonchev–Trinajstić information content (AvgIpc) is 3.69. The number of halogens is 2. The number of phosphoric acid groups is 2. The molecule has 364 valence electrons. The third-order valence-corrected chi connectivity index (χ3v) is 13.9. The lowest BCUT2D eigenvalue weighted by Gasteiger charge is -2.32. The normalized spacial score (nSPS) is 33.4. The van der Waals surface area contributed by atoms with Crippen molar-refractivity contribution in [1.29, 1.82) is 0 Å². The molecule has 0 saturated carbocycles. The third-order valence-electron chi connectivity index (χ3n) is 10.6. The number of H-pyrrole nitrogens is 1. The van der Waals surface area contributed by atoms with E-state index in [-0.39, 0.29) is 19.0 Å². The molecule has 4 aromatic rings. The molecular formula is C36H39Cl2N11O17P2. The first-order chi connectivity index (χ1) is 32.3. The van der Waals surface area contributed by atoms with E-state index in [1.807, 2.05) is 4.98 Å². The van der Waals surface area contributed by atoms with Gasteiger partial charge in [0.25, 0.3) is 5.56 Å². The number of nitrogens with two attached hydrogens (primary N) is 1. The van der Waals surface area contributed by atoms with Crippen LogP contribution in [0, 0.1) is 0 Å². The molecular weight excluding hydrogens is 991 g/mol. The quantitative estimate of drug-likeness (QED) is 0.0508. The monoisotopic (exact) mass is 1030 g/mol. The van der Waals surface area contributed by atoms with Crippen molar-refractivity contribution in [2.24, 2.45) is 10.2 Å². The van der Waals surface area contributed by atoms with Crippen LogP contribution in [0.2, 0.25) is 10.0 Å². The fraction of sp³-hybridized carbons (Fsp3) is 0.444. The summed E-state index contributed by atoms with van der Waals surface area (Å²) in [5.41, 5.74) is 17.7. The lowest BCUT2D eigenvalue weighted by molar-refractivity contribution is -0.127. The van der Waals surface area contributed by atoms with E-state index in [1.165, 1.54) is 12.3 Å². The van der Waals surface area contributed by atoms with Crippen molar-refractivity contribution in [3.05, 3.63) is 146 Å². The first-order valence-corrected chi connectivity index (χ1v) is 23.5. The van der Waals surface area contributed by atoms with E-state index in [4.69, 9.17) is 76.6 Å². The smallest absolute Gasteiger partial charge is 0.387 e. The van der Waals surface area contributed by atoms with Crippen molar-refractivity contribution < 1.29 is 66.2 Å². The summed E-state index contributed by atoms with van der Waals surface area (Å²) in [5.74, 6) is -0.0714. The molecule has 0 amide bonds. The summed E-state index contributed by atoms with van der Waals surface area (Å²) < 4.78 is 71.1. The number of aromatic amines is 1. The third kappa shape index (κ3) is 11.0. The van der Waals surface area contributed by atoms with E-state index < -0.39 is 106 Å². The van der Waals surface area contributed by atoms with Gasteiger partial charge in [0.2, 0.25) is 11.4 Å². The summed E-state index contributed by atoms with van der Waals surface area (Å²) >= 11 is 12.0. The van der Waals surface area contributed by atoms with Gasteiger partial charge in [-0.1, -0.05) is 57.7 Å². The molecule has 4 aliphatic heterocycles. The Bertz CT molecular complexity index is 2890. The minimum atomic E-state index is -4.24. The number of nitrogen functional groups attached to an aromatic ring is 1. The Morgan fingerprint density at radius 3 is 1.69 bits per heavy atom. The Balaban J connectivity index is 0.000000201. The van der Waals surface area contributed by atoms with Crippen LogP contribution in [0.25, 0.3) is 20.9 Å². The summed E-state index contributed by atoms with van der Waals surface area (Å²) in [5, 5.41) is 49.9. The molecule has 2 aromatic heterocycles. The van der Waals surface area contributed by atoms with Gasteiger partial charge in [0, 0.05) is 51.2 Å². The van der Waals surface area contributed by atoms with Gasteiger partial charge in [-0.15, -0.1) is 0 Å². The molecule has 4 fully saturated rings. The fourth-order valence-electron chi connectivity index (χ4n) is 7.21. The molecule has 6 heterocycles. The Kier molecular flexibility index (Phi) is 15.6. The Morgan fingerprint density at radius 2 is 1.25 bits per heavy atom. The van der Waals surface area contributed by atoms with Gasteiger partial charge in [0.05, 0.1) is 38.6 Å². The lowest BCUT2D eigenvalue weighted by Crippen LogP contribution is -2.45. The second-order valence-corrected chi connectivity index (χ2v) is 19.1. The number of aliphatic hydroxyl groups is 4. The zero-order valence-corrected chi connectivity index (χ0v) is 37.9. The molecule has 32 heteroatoms. The molecule has 0 radical (unpaired) electrons. The number of aliphatic hydroxyl groups excluding tert-OH is 4. The summed E-state index contributed by atoms with van der Waals surface area (Å²) in [4.78, 5) is 46.4. The highest BCUT2D eigenvalue weighted by molar-refractivity contribution is 7.48. The van der Waals surface area contributed by atoms with E-state index in [1.54, 1.807) is 48.5 Å². The van der Waals surface area contributed by atoms with E-state index in [9.17, 15) is 43.9 Å². The maximum absolute atomic E-state index is 13.1. The van der Waals surface area contributed by atoms with Crippen LogP contribution in [0.1, 0.15) is 48.6 Å². The lowest BCUT2D eigenvalue weighted by atomic mass is 10.1. The Morgan fingerprint density at radius 1 is 0.779 bits per heavy atom. The van der Waals surface area contributed by atoms with E-state index in [0.717, 1.165) is 21.4 Å². The van der Waals surface area contributed by atoms with Gasteiger partial charge in [-0.2, -0.15) is 4.98 Å². The number of anilines is 1. The maximum Gasteiger partial charge on any atom is 0.475 e. The summed E-state index contributed by atoms with van der Waals surface area (Å²) in [6.45, 7) is -1.67. The van der Waals surface area contributed by atoms with Gasteiger partial charge in [0.15, 0.2) is 12.5 Å². The molecule has 0 aliphatic carbocycles. The highest BCUT2D eigenvalue weighted by Gasteiger charge is 2.58. The zero-order chi connectivity index (χ0) is 49.0. The van der Waals surface area contributed by atoms with E-state index in [2.05, 4.69) is 25.0 Å². The average molecular weight is 1030 g/mol. The largest absolute Gasteiger partial charge is 0.475 e. The van der Waals surface area contributed by atoms with Crippen molar-refractivity contribution in [2.45, 2.75) is 73.4 Å². The second kappa shape index (κ2) is 20.9. The molecule has 68 heavy (non-hydrogen) atoms. The van der Waals surface area contributed by atoms with Crippen LogP contribution in [0.15, 0.2) is 97.7 Å². The molecule has 28 nitrogen and oxygen atoms in total. The molecule has 8 rings (SSSR count). The number of nitrogens with one attached hydrogen (secondary N) is 1. The minimum absolute atomic E-state index is 0.00437. The van der Waals surface area contributed by atoms with Gasteiger partial charge < -0.3 is 35.6 Å². The van der Waals surface area contributed by atoms with Gasteiger partial charge >= 0.3 is 27.0 Å². The fourth-order valence-corrected chi connectivity index (χ4v) is 10.4. The SMILES string of the molecule is [N-]=[N+]=N[C@]1(COP2(=O)OCC[C@@H](c3cccc(Cl)c3)O2)O[C@@H](n2ccc(=O)[nH]c2=O)[C@H](O)[C@@H]1O.[N-]=[N+]=N[C@]1(COP2(=O)OCC[C@@H](c3cccc(Cl)c3)O2)O[C@@H](n2ccc(N)nc2=O)[C@H](O)[C@@H]1O. The number of benzene rings is 2. The predicted molar refractivity (Wildman–Crippen MR) is 231 cm³/mol. The number of hydrogen-bond donors (Lipinski definition) is 6. The van der Waals surface area contributed by atoms with Crippen LogP contribution >= 0.6 is 38.8 Å². The van der Waals surface area contributed by atoms with Gasteiger partial charge in [-0.25, -0.2) is 18.7 Å². The van der Waals surface area contributed by atoms with Crippen molar-refractivity contribution in [2.75, 3.05) is 32.2 Å². The first-order valence-electron chi connectivity index (χ1n) is 19.9. The van der Waals surface area contributed by atoms with Crippen molar-refractivity contribution >= 4 is 44.7 Å². The Hall–Kier alpha value is -5.02. The molecule has 7 N–H and O–H groups in total. The van der Waals surface area contributed by atoms with Crippen LogP contribution < -0.4 is 22.7 Å². The zero-order valence-electron chi connectivity index (χ0n) is 34.6. The van der Waals surface area contributed by atoms with Gasteiger partial charge in [-0.05, 0) is 52.5 Å². The van der Waals surface area contributed by atoms with Gasteiger partial charge in [0.1, 0.15) is 30.2 Å². The van der Waals surface area contributed by atoms with Crippen molar-refractivity contribution in [3.8, 4) is 0 Å². The molecule has 4 aliphatic rings. The number of ether oxygens (including phenoxy) is 2. The summed E-state index contributed by atoms with van der Waals surface area (Å²) in [6.07, 6.45) is -8.82. The summed E-state index contributed by atoms with van der Waals surface area (Å²) in [7, 11) is -8.46. The number of aromatic nitrogens is 4. The molecule has 4 saturated heterocycles. The highest BCUT2D eigenvalue weighted by atomic mass is 35.5. The second-order valence-electron chi connectivity index (χ2n) is 15.0. The molecule has 2 aromatic carbocycles. The number of nitrogens with zero attached hydrogens (tertiary/aromatic N) is 9. The van der Waals surface area contributed by atoms with Crippen molar-refractivity contribution in [1.82, 2.24) is 19.1 Å². The van der Waals surface area contributed by atoms with Crippen LogP contribution in [0.5, 0.6) is 0 Å². The molecule has 12 atom stereocenters. The molecule has 2 unspecified atom stereocenters. The van der Waals surface area contributed by atoms with Crippen LogP contribution in [0.4, 0.5) is 5.82 Å².